The fraction of sp³-hybridized carbons (Fsp3) is 0.0714. The summed E-state index contributed by atoms with van der Waals surface area (Å²) in [5.74, 6) is -0.558. The van der Waals surface area contributed by atoms with Gasteiger partial charge in [-0.3, -0.25) is 5.41 Å². The summed E-state index contributed by atoms with van der Waals surface area (Å²) in [5, 5.41) is 8.11. The molecule has 0 atom stereocenters. The Morgan fingerprint density at radius 2 is 1.74 bits per heavy atom. The highest BCUT2D eigenvalue weighted by Crippen LogP contribution is 2.34. The van der Waals surface area contributed by atoms with Crippen LogP contribution < -0.4 is 4.90 Å². The van der Waals surface area contributed by atoms with E-state index in [0.29, 0.717) is 22.3 Å². The average molecular weight is 323 g/mol. The molecule has 0 aliphatic carbocycles. The van der Waals surface area contributed by atoms with Gasteiger partial charge < -0.3 is 4.90 Å². The van der Waals surface area contributed by atoms with E-state index >= 15 is 0 Å². The highest BCUT2D eigenvalue weighted by Gasteiger charge is 2.27. The van der Waals surface area contributed by atoms with Gasteiger partial charge in [0.2, 0.25) is 0 Å². The topological polar surface area (TPSA) is 27.1 Å². The van der Waals surface area contributed by atoms with Gasteiger partial charge in [-0.2, -0.15) is 0 Å². The predicted octanol–water partition coefficient (Wildman–Crippen LogP) is 4.07. The van der Waals surface area contributed by atoms with Crippen LogP contribution in [0, 0.1) is 17.0 Å². The third kappa shape index (κ3) is 2.04. The first kappa shape index (κ1) is 12.3. The summed E-state index contributed by atoms with van der Waals surface area (Å²) in [6.45, 7) is 0.441. The molecule has 96 valence electrons. The Balaban J connectivity index is 2.06. The lowest BCUT2D eigenvalue weighted by molar-refractivity contribution is 0.627. The minimum Gasteiger partial charge on any atom is -0.321 e. The molecule has 0 unspecified atom stereocenters. The monoisotopic (exact) mass is 322 g/mol. The van der Waals surface area contributed by atoms with E-state index in [1.807, 2.05) is 0 Å². The Morgan fingerprint density at radius 3 is 2.53 bits per heavy atom. The predicted molar refractivity (Wildman–Crippen MR) is 73.5 cm³/mol. The van der Waals surface area contributed by atoms with Crippen molar-refractivity contribution in [2.24, 2.45) is 0 Å². The van der Waals surface area contributed by atoms with Crippen LogP contribution in [0.4, 0.5) is 14.5 Å². The van der Waals surface area contributed by atoms with Crippen molar-refractivity contribution in [3.05, 3.63) is 63.6 Å². The summed E-state index contributed by atoms with van der Waals surface area (Å²) in [5.41, 5.74) is 1.99. The normalized spacial score (nSPS) is 13.8. The molecule has 2 nitrogen and oxygen atoms in total. The van der Waals surface area contributed by atoms with Crippen molar-refractivity contribution in [3.8, 4) is 0 Å². The highest BCUT2D eigenvalue weighted by molar-refractivity contribution is 9.10. The third-order valence-electron chi connectivity index (χ3n) is 3.12. The molecule has 1 N–H and O–H groups in total. The van der Waals surface area contributed by atoms with E-state index in [0.717, 1.165) is 5.56 Å². The highest BCUT2D eigenvalue weighted by atomic mass is 79.9. The molecule has 0 aromatic heterocycles. The number of hydrogen-bond acceptors (Lipinski definition) is 1. The number of fused-ring (bicyclic) bond motifs is 1. The van der Waals surface area contributed by atoms with Gasteiger partial charge in [0.1, 0.15) is 17.5 Å². The molecule has 1 aliphatic heterocycles. The van der Waals surface area contributed by atoms with Gasteiger partial charge >= 0.3 is 0 Å². The SMILES string of the molecule is N=C1c2cc(F)ccc2CN1c1cc(F)ccc1Br. The number of halogens is 3. The molecule has 1 aliphatic rings. The van der Waals surface area contributed by atoms with Gasteiger partial charge in [-0.15, -0.1) is 0 Å². The number of hydrogen-bond donors (Lipinski definition) is 1. The van der Waals surface area contributed by atoms with E-state index < -0.39 is 0 Å². The molecule has 0 spiro atoms. The largest absolute Gasteiger partial charge is 0.321 e. The van der Waals surface area contributed by atoms with Gasteiger partial charge in [0.05, 0.1) is 12.2 Å². The van der Waals surface area contributed by atoms with E-state index in [1.165, 1.54) is 24.3 Å². The molecule has 19 heavy (non-hydrogen) atoms. The second-order valence-corrected chi connectivity index (χ2v) is 5.19. The summed E-state index contributed by atoms with van der Waals surface area (Å²) < 4.78 is 27.3. The van der Waals surface area contributed by atoms with Crippen molar-refractivity contribution < 1.29 is 8.78 Å². The summed E-state index contributed by atoms with van der Waals surface area (Å²) in [4.78, 5) is 1.65. The molecule has 0 amide bonds. The van der Waals surface area contributed by atoms with Gasteiger partial charge in [-0.25, -0.2) is 8.78 Å². The Hall–Kier alpha value is -1.75. The van der Waals surface area contributed by atoms with Crippen molar-refractivity contribution in [1.82, 2.24) is 0 Å². The van der Waals surface area contributed by atoms with Crippen LogP contribution in [0.25, 0.3) is 0 Å². The lowest BCUT2D eigenvalue weighted by Gasteiger charge is -2.19. The third-order valence-corrected chi connectivity index (χ3v) is 3.79. The number of amidine groups is 1. The average Bonchev–Trinajstić information content (AvgIpc) is 2.70. The second kappa shape index (κ2) is 4.42. The molecule has 3 rings (SSSR count). The first-order chi connectivity index (χ1) is 9.06. The maximum Gasteiger partial charge on any atom is 0.133 e. The maximum absolute atomic E-state index is 13.3. The first-order valence-electron chi connectivity index (χ1n) is 5.66. The van der Waals surface area contributed by atoms with Crippen LogP contribution in [0.5, 0.6) is 0 Å². The van der Waals surface area contributed by atoms with Crippen molar-refractivity contribution in [2.45, 2.75) is 6.54 Å². The van der Waals surface area contributed by atoms with Gasteiger partial charge in [0, 0.05) is 10.0 Å². The molecule has 2 aromatic rings. The van der Waals surface area contributed by atoms with Crippen LogP contribution in [0.3, 0.4) is 0 Å². The minimum absolute atomic E-state index is 0.181. The van der Waals surface area contributed by atoms with E-state index in [1.54, 1.807) is 17.0 Å². The number of rotatable bonds is 1. The summed E-state index contributed by atoms with van der Waals surface area (Å²) >= 11 is 3.35. The Kier molecular flexibility index (Phi) is 2.86. The van der Waals surface area contributed by atoms with Crippen molar-refractivity contribution in [1.29, 1.82) is 5.41 Å². The zero-order valence-corrected chi connectivity index (χ0v) is 11.3. The van der Waals surface area contributed by atoms with Crippen molar-refractivity contribution in [2.75, 3.05) is 4.90 Å². The Bertz CT molecular complexity index is 685. The zero-order chi connectivity index (χ0) is 13.6. The van der Waals surface area contributed by atoms with E-state index in [4.69, 9.17) is 5.41 Å². The number of nitrogens with zero attached hydrogens (tertiary/aromatic N) is 1. The van der Waals surface area contributed by atoms with Crippen molar-refractivity contribution >= 4 is 27.5 Å². The summed E-state index contributed by atoms with van der Waals surface area (Å²) in [7, 11) is 0. The molecule has 0 saturated carbocycles. The van der Waals surface area contributed by atoms with Gasteiger partial charge in [-0.05, 0) is 51.8 Å². The van der Waals surface area contributed by atoms with Crippen LogP contribution in [0.1, 0.15) is 11.1 Å². The number of anilines is 1. The van der Waals surface area contributed by atoms with Crippen LogP contribution in [0.2, 0.25) is 0 Å². The van der Waals surface area contributed by atoms with Crippen LogP contribution in [-0.2, 0) is 6.54 Å². The molecule has 0 saturated heterocycles. The lowest BCUT2D eigenvalue weighted by atomic mass is 10.1. The second-order valence-electron chi connectivity index (χ2n) is 4.33. The van der Waals surface area contributed by atoms with Crippen molar-refractivity contribution in [3.63, 3.8) is 0 Å². The maximum atomic E-state index is 13.3. The fourth-order valence-corrected chi connectivity index (χ4v) is 2.66. The van der Waals surface area contributed by atoms with E-state index in [2.05, 4.69) is 15.9 Å². The molecule has 1 heterocycles. The molecular weight excluding hydrogens is 314 g/mol. The van der Waals surface area contributed by atoms with Crippen LogP contribution >= 0.6 is 15.9 Å². The molecule has 5 heteroatoms. The molecule has 0 bridgehead atoms. The van der Waals surface area contributed by atoms with Gasteiger partial charge in [0.15, 0.2) is 0 Å². The zero-order valence-electron chi connectivity index (χ0n) is 9.75. The van der Waals surface area contributed by atoms with Crippen LogP contribution in [0.15, 0.2) is 40.9 Å². The van der Waals surface area contributed by atoms with Gasteiger partial charge in [0.25, 0.3) is 0 Å². The summed E-state index contributed by atoms with van der Waals surface area (Å²) in [6, 6.07) is 8.68. The first-order valence-corrected chi connectivity index (χ1v) is 6.45. The number of nitrogens with one attached hydrogen (secondary N) is 1. The van der Waals surface area contributed by atoms with E-state index in [-0.39, 0.29) is 17.5 Å². The van der Waals surface area contributed by atoms with Crippen LogP contribution in [-0.4, -0.2) is 5.84 Å². The molecule has 0 radical (unpaired) electrons. The Morgan fingerprint density at radius 1 is 1.05 bits per heavy atom. The van der Waals surface area contributed by atoms with E-state index in [9.17, 15) is 8.78 Å². The smallest absolute Gasteiger partial charge is 0.133 e. The lowest BCUT2D eigenvalue weighted by Crippen LogP contribution is -2.23. The summed E-state index contributed by atoms with van der Waals surface area (Å²) in [6.07, 6.45) is 0. The van der Waals surface area contributed by atoms with Gasteiger partial charge in [-0.1, -0.05) is 6.07 Å². The fourth-order valence-electron chi connectivity index (χ4n) is 2.20. The minimum atomic E-state index is -0.372. The molecule has 0 fully saturated rings. The molecule has 2 aromatic carbocycles. The quantitative estimate of drug-likeness (QED) is 0.841. The number of benzene rings is 2. The standard InChI is InChI=1S/C14H9BrF2N2/c15-12-4-3-10(17)6-13(12)19-7-8-1-2-9(16)5-11(8)14(19)18/h1-6,18H,7H2. The molecular formula is C14H9BrF2N2. The Labute approximate surface area is 117 Å².